The summed E-state index contributed by atoms with van der Waals surface area (Å²) in [5.41, 5.74) is 2.50. The molecule has 0 saturated heterocycles. The highest BCUT2D eigenvalue weighted by Gasteiger charge is 2.30. The highest BCUT2D eigenvalue weighted by atomic mass is 79.9. The predicted octanol–water partition coefficient (Wildman–Crippen LogP) is 3.26. The molecule has 4 heteroatoms. The van der Waals surface area contributed by atoms with E-state index in [1.807, 2.05) is 12.1 Å². The second kappa shape index (κ2) is 5.13. The van der Waals surface area contributed by atoms with Crippen LogP contribution in [0.4, 0.5) is 0 Å². The zero-order chi connectivity index (χ0) is 12.5. The first-order valence-electron chi connectivity index (χ1n) is 5.97. The van der Waals surface area contributed by atoms with Gasteiger partial charge in [-0.1, -0.05) is 24.3 Å². The largest absolute Gasteiger partial charge is 0.391 e. The molecule has 1 aliphatic rings. The summed E-state index contributed by atoms with van der Waals surface area (Å²) < 4.78 is 1.15. The van der Waals surface area contributed by atoms with Crippen LogP contribution in [0.15, 0.2) is 40.2 Å². The van der Waals surface area contributed by atoms with Gasteiger partial charge in [-0.2, -0.15) is 0 Å². The van der Waals surface area contributed by atoms with Crippen LogP contribution in [0.1, 0.15) is 22.0 Å². The number of hydrogen-bond donors (Lipinski definition) is 2. The second-order valence-electron chi connectivity index (χ2n) is 4.53. The first kappa shape index (κ1) is 12.4. The molecule has 18 heavy (non-hydrogen) atoms. The van der Waals surface area contributed by atoms with Crippen molar-refractivity contribution in [3.63, 3.8) is 0 Å². The van der Waals surface area contributed by atoms with Gasteiger partial charge in [0.05, 0.1) is 15.9 Å². The van der Waals surface area contributed by atoms with Crippen LogP contribution in [0.2, 0.25) is 0 Å². The third kappa shape index (κ3) is 2.38. The fourth-order valence-electron chi connectivity index (χ4n) is 2.48. The average Bonchev–Trinajstić information content (AvgIpc) is 2.90. The molecule has 0 fully saturated rings. The van der Waals surface area contributed by atoms with Gasteiger partial charge in [0, 0.05) is 17.8 Å². The molecule has 0 aliphatic heterocycles. The fourth-order valence-corrected chi connectivity index (χ4v) is 3.91. The van der Waals surface area contributed by atoms with Crippen LogP contribution in [0.3, 0.4) is 0 Å². The number of rotatable bonds is 3. The number of fused-ring (bicyclic) bond motifs is 1. The molecule has 3 rings (SSSR count). The Morgan fingerprint density at radius 1 is 1.28 bits per heavy atom. The molecular weight excluding hydrogens is 310 g/mol. The maximum absolute atomic E-state index is 10.1. The zero-order valence-electron chi connectivity index (χ0n) is 9.77. The molecule has 0 radical (unpaired) electrons. The Balaban J connectivity index is 1.73. The molecule has 0 unspecified atom stereocenters. The topological polar surface area (TPSA) is 32.3 Å². The standard InChI is InChI=1S/C14H14BrNOS/c15-13-6-5-10(18-13)8-16-14-11-4-2-1-3-9(11)7-12(14)17/h1-6,12,14,16-17H,7-8H2/t12-,14+/m0/s1. The van der Waals surface area contributed by atoms with Gasteiger partial charge in [0.25, 0.3) is 0 Å². The van der Waals surface area contributed by atoms with Gasteiger partial charge in [0.2, 0.25) is 0 Å². The van der Waals surface area contributed by atoms with E-state index < -0.39 is 0 Å². The van der Waals surface area contributed by atoms with Crippen LogP contribution >= 0.6 is 27.3 Å². The van der Waals surface area contributed by atoms with E-state index in [0.717, 1.165) is 16.8 Å². The predicted molar refractivity (Wildman–Crippen MR) is 77.8 cm³/mol. The SMILES string of the molecule is O[C@H]1Cc2ccccc2[C@H]1NCc1ccc(Br)s1. The minimum atomic E-state index is -0.314. The minimum Gasteiger partial charge on any atom is -0.391 e. The van der Waals surface area contributed by atoms with Crippen molar-refractivity contribution in [2.45, 2.75) is 25.1 Å². The lowest BCUT2D eigenvalue weighted by molar-refractivity contribution is 0.141. The third-order valence-corrected chi connectivity index (χ3v) is 4.95. The van der Waals surface area contributed by atoms with E-state index in [0.29, 0.717) is 0 Å². The maximum Gasteiger partial charge on any atom is 0.0775 e. The molecular formula is C14H14BrNOS. The molecule has 1 heterocycles. The van der Waals surface area contributed by atoms with E-state index in [1.54, 1.807) is 11.3 Å². The minimum absolute atomic E-state index is 0.0575. The molecule has 0 amide bonds. The second-order valence-corrected chi connectivity index (χ2v) is 7.08. The molecule has 0 saturated carbocycles. The summed E-state index contributed by atoms with van der Waals surface area (Å²) in [7, 11) is 0. The van der Waals surface area contributed by atoms with Crippen molar-refractivity contribution in [3.05, 3.63) is 56.2 Å². The highest BCUT2D eigenvalue weighted by molar-refractivity contribution is 9.11. The molecule has 94 valence electrons. The first-order valence-corrected chi connectivity index (χ1v) is 7.58. The molecule has 0 spiro atoms. The van der Waals surface area contributed by atoms with Crippen molar-refractivity contribution in [1.82, 2.24) is 5.32 Å². The van der Waals surface area contributed by atoms with Crippen LogP contribution in [-0.2, 0) is 13.0 Å². The van der Waals surface area contributed by atoms with Crippen molar-refractivity contribution in [3.8, 4) is 0 Å². The lowest BCUT2D eigenvalue weighted by Gasteiger charge is -2.17. The number of benzene rings is 1. The Morgan fingerprint density at radius 2 is 2.11 bits per heavy atom. The monoisotopic (exact) mass is 323 g/mol. The molecule has 2 atom stereocenters. The Hall–Kier alpha value is -0.680. The van der Waals surface area contributed by atoms with Gasteiger partial charge in [-0.3, -0.25) is 0 Å². The summed E-state index contributed by atoms with van der Waals surface area (Å²) in [5.74, 6) is 0. The van der Waals surface area contributed by atoms with Gasteiger partial charge in [0.15, 0.2) is 0 Å². The van der Waals surface area contributed by atoms with Crippen LogP contribution in [0, 0.1) is 0 Å². The summed E-state index contributed by atoms with van der Waals surface area (Å²) in [5, 5.41) is 13.6. The molecule has 1 aromatic carbocycles. The van der Waals surface area contributed by atoms with E-state index in [9.17, 15) is 5.11 Å². The van der Waals surface area contributed by atoms with E-state index in [4.69, 9.17) is 0 Å². The van der Waals surface area contributed by atoms with Crippen molar-refractivity contribution in [2.75, 3.05) is 0 Å². The van der Waals surface area contributed by atoms with Gasteiger partial charge >= 0.3 is 0 Å². The van der Waals surface area contributed by atoms with Gasteiger partial charge < -0.3 is 10.4 Å². The summed E-state index contributed by atoms with van der Waals surface area (Å²) in [6.45, 7) is 0.798. The quantitative estimate of drug-likeness (QED) is 0.908. The van der Waals surface area contributed by atoms with Gasteiger partial charge in [-0.05, 0) is 39.2 Å². The Labute approximate surface area is 119 Å². The first-order chi connectivity index (χ1) is 8.74. The zero-order valence-corrected chi connectivity index (χ0v) is 12.2. The Morgan fingerprint density at radius 3 is 2.89 bits per heavy atom. The smallest absolute Gasteiger partial charge is 0.0775 e. The number of hydrogen-bond acceptors (Lipinski definition) is 3. The van der Waals surface area contributed by atoms with Crippen LogP contribution < -0.4 is 5.32 Å². The van der Waals surface area contributed by atoms with E-state index >= 15 is 0 Å². The van der Waals surface area contributed by atoms with Crippen LogP contribution in [0.5, 0.6) is 0 Å². The number of nitrogens with one attached hydrogen (secondary N) is 1. The molecule has 2 nitrogen and oxygen atoms in total. The number of thiophene rings is 1. The average molecular weight is 324 g/mol. The molecule has 0 bridgehead atoms. The molecule has 1 aromatic heterocycles. The highest BCUT2D eigenvalue weighted by Crippen LogP contribution is 2.32. The van der Waals surface area contributed by atoms with Gasteiger partial charge in [-0.15, -0.1) is 11.3 Å². The van der Waals surface area contributed by atoms with E-state index in [2.05, 4.69) is 45.5 Å². The summed E-state index contributed by atoms with van der Waals surface area (Å²) in [4.78, 5) is 1.28. The van der Waals surface area contributed by atoms with Crippen LogP contribution in [-0.4, -0.2) is 11.2 Å². The third-order valence-electron chi connectivity index (χ3n) is 3.33. The number of aliphatic hydroxyl groups is 1. The number of halogens is 1. The van der Waals surface area contributed by atoms with Crippen LogP contribution in [0.25, 0.3) is 0 Å². The fraction of sp³-hybridized carbons (Fsp3) is 0.286. The lowest BCUT2D eigenvalue weighted by atomic mass is 10.1. The molecule has 2 aromatic rings. The van der Waals surface area contributed by atoms with Crippen molar-refractivity contribution < 1.29 is 5.11 Å². The van der Waals surface area contributed by atoms with Crippen molar-refractivity contribution >= 4 is 27.3 Å². The van der Waals surface area contributed by atoms with Crippen molar-refractivity contribution in [2.24, 2.45) is 0 Å². The Bertz CT molecular complexity index is 554. The van der Waals surface area contributed by atoms with Crippen molar-refractivity contribution in [1.29, 1.82) is 0 Å². The van der Waals surface area contributed by atoms with E-state index in [-0.39, 0.29) is 12.1 Å². The van der Waals surface area contributed by atoms with Gasteiger partial charge in [-0.25, -0.2) is 0 Å². The number of aliphatic hydroxyl groups excluding tert-OH is 1. The molecule has 1 aliphatic carbocycles. The maximum atomic E-state index is 10.1. The summed E-state index contributed by atoms with van der Waals surface area (Å²) in [6, 6.07) is 12.5. The summed E-state index contributed by atoms with van der Waals surface area (Å²) >= 11 is 5.19. The lowest BCUT2D eigenvalue weighted by Crippen LogP contribution is -2.28. The molecule has 2 N–H and O–H groups in total. The summed E-state index contributed by atoms with van der Waals surface area (Å²) in [6.07, 6.45) is 0.438. The van der Waals surface area contributed by atoms with Gasteiger partial charge in [0.1, 0.15) is 0 Å². The van der Waals surface area contributed by atoms with E-state index in [1.165, 1.54) is 16.0 Å². The normalized spacial score (nSPS) is 22.1. The Kier molecular flexibility index (Phi) is 3.52.